The second-order valence-corrected chi connectivity index (χ2v) is 11.5. The summed E-state index contributed by atoms with van der Waals surface area (Å²) in [5.41, 5.74) is 6.11. The molecule has 0 unspecified atom stereocenters. The van der Waals surface area contributed by atoms with Crippen molar-refractivity contribution in [1.29, 1.82) is 0 Å². The lowest BCUT2D eigenvalue weighted by Crippen LogP contribution is -2.52. The highest BCUT2D eigenvalue weighted by Gasteiger charge is 2.36. The number of piperidine rings is 1. The Morgan fingerprint density at radius 2 is 1.76 bits per heavy atom. The van der Waals surface area contributed by atoms with Gasteiger partial charge in [0.05, 0.1) is 17.3 Å². The molecule has 0 bridgehead atoms. The standard InChI is InChI=1S/C30H39N5O2/c1-21(2)34-11-3-4-24(19-34)22-5-7-23(8-6-22)26-18-29-28(9-10-31-35(29)20-26)32-12-14-33(15-13-32)30(37)25-16-27(36)17-25/h5-10,18,20-21,24-25,27,36H,3-4,11-17,19H2,1-2H3/t24-,25-,27-/m1/s1. The smallest absolute Gasteiger partial charge is 0.226 e. The van der Waals surface area contributed by atoms with E-state index in [9.17, 15) is 9.90 Å². The van der Waals surface area contributed by atoms with Crippen molar-refractivity contribution in [1.82, 2.24) is 19.4 Å². The summed E-state index contributed by atoms with van der Waals surface area (Å²) in [5.74, 6) is 0.843. The molecule has 196 valence electrons. The Morgan fingerprint density at radius 1 is 1.00 bits per heavy atom. The second kappa shape index (κ2) is 10.1. The Hall–Kier alpha value is -2.90. The number of nitrogens with zero attached hydrogens (tertiary/aromatic N) is 5. The van der Waals surface area contributed by atoms with E-state index < -0.39 is 0 Å². The van der Waals surface area contributed by atoms with Gasteiger partial charge in [0.2, 0.25) is 5.91 Å². The molecule has 7 nitrogen and oxygen atoms in total. The molecule has 7 heteroatoms. The number of amides is 1. The molecule has 4 heterocycles. The first-order valence-corrected chi connectivity index (χ1v) is 14.0. The number of aromatic nitrogens is 2. The Balaban J connectivity index is 1.15. The maximum Gasteiger partial charge on any atom is 0.226 e. The van der Waals surface area contributed by atoms with Crippen LogP contribution in [0.3, 0.4) is 0 Å². The first-order valence-electron chi connectivity index (χ1n) is 14.0. The van der Waals surface area contributed by atoms with Crippen LogP contribution in [0.25, 0.3) is 16.6 Å². The minimum absolute atomic E-state index is 0.0148. The number of carbonyl (C=O) groups excluding carboxylic acids is 1. The maximum atomic E-state index is 12.7. The summed E-state index contributed by atoms with van der Waals surface area (Å²) in [4.78, 5) is 19.6. The Kier molecular flexibility index (Phi) is 6.67. The number of hydrogen-bond acceptors (Lipinski definition) is 5. The minimum Gasteiger partial charge on any atom is -0.393 e. The summed E-state index contributed by atoms with van der Waals surface area (Å²) in [6.45, 7) is 10.0. The predicted molar refractivity (Wildman–Crippen MR) is 147 cm³/mol. The Labute approximate surface area is 219 Å². The van der Waals surface area contributed by atoms with Crippen LogP contribution in [-0.4, -0.2) is 81.8 Å². The molecule has 6 rings (SSSR count). The van der Waals surface area contributed by atoms with E-state index >= 15 is 0 Å². The molecule has 3 fully saturated rings. The third-order valence-corrected chi connectivity index (χ3v) is 8.78. The molecule has 1 amide bonds. The first kappa shape index (κ1) is 24.4. The maximum absolute atomic E-state index is 12.7. The average Bonchev–Trinajstić information content (AvgIpc) is 3.36. The van der Waals surface area contributed by atoms with Gasteiger partial charge in [-0.25, -0.2) is 4.52 Å². The molecule has 0 radical (unpaired) electrons. The van der Waals surface area contributed by atoms with E-state index in [-0.39, 0.29) is 17.9 Å². The lowest BCUT2D eigenvalue weighted by atomic mass is 9.81. The summed E-state index contributed by atoms with van der Waals surface area (Å²) in [6.07, 6.45) is 7.48. The van der Waals surface area contributed by atoms with Gasteiger partial charge in [-0.05, 0) is 75.3 Å². The van der Waals surface area contributed by atoms with Gasteiger partial charge in [-0.2, -0.15) is 5.10 Å². The van der Waals surface area contributed by atoms with Crippen LogP contribution in [-0.2, 0) is 4.79 Å². The third-order valence-electron chi connectivity index (χ3n) is 8.78. The van der Waals surface area contributed by atoms with Crippen molar-refractivity contribution in [3.63, 3.8) is 0 Å². The molecule has 2 aromatic heterocycles. The lowest BCUT2D eigenvalue weighted by Gasteiger charge is -2.40. The van der Waals surface area contributed by atoms with Gasteiger partial charge < -0.3 is 19.8 Å². The van der Waals surface area contributed by atoms with Crippen LogP contribution in [0.15, 0.2) is 48.8 Å². The molecule has 2 aliphatic heterocycles. The molecule has 3 aromatic rings. The van der Waals surface area contributed by atoms with Gasteiger partial charge in [-0.15, -0.1) is 0 Å². The van der Waals surface area contributed by atoms with Crippen molar-refractivity contribution in [2.45, 2.75) is 57.6 Å². The van der Waals surface area contributed by atoms with Crippen molar-refractivity contribution in [2.24, 2.45) is 5.92 Å². The van der Waals surface area contributed by atoms with Crippen molar-refractivity contribution in [2.75, 3.05) is 44.2 Å². The van der Waals surface area contributed by atoms with Crippen molar-refractivity contribution >= 4 is 17.1 Å². The Bertz CT molecular complexity index is 1240. The second-order valence-electron chi connectivity index (χ2n) is 11.5. The number of hydrogen-bond donors (Lipinski definition) is 1. The van der Waals surface area contributed by atoms with Crippen LogP contribution in [0.2, 0.25) is 0 Å². The quantitative estimate of drug-likeness (QED) is 0.572. The third kappa shape index (κ3) is 4.87. The number of piperazine rings is 1. The summed E-state index contributed by atoms with van der Waals surface area (Å²) in [7, 11) is 0. The molecule has 0 spiro atoms. The lowest BCUT2D eigenvalue weighted by molar-refractivity contribution is -0.142. The molecule has 1 saturated carbocycles. The van der Waals surface area contributed by atoms with E-state index in [1.165, 1.54) is 41.8 Å². The van der Waals surface area contributed by atoms with Gasteiger partial charge in [0.25, 0.3) is 0 Å². The van der Waals surface area contributed by atoms with Gasteiger partial charge in [-0.1, -0.05) is 24.3 Å². The summed E-state index contributed by atoms with van der Waals surface area (Å²) >= 11 is 0. The van der Waals surface area contributed by atoms with Crippen molar-refractivity contribution in [3.05, 3.63) is 54.4 Å². The molecule has 37 heavy (non-hydrogen) atoms. The van der Waals surface area contributed by atoms with Crippen molar-refractivity contribution in [3.8, 4) is 11.1 Å². The van der Waals surface area contributed by atoms with Gasteiger partial charge in [0, 0.05) is 62.6 Å². The predicted octanol–water partition coefficient (Wildman–Crippen LogP) is 4.01. The minimum atomic E-state index is -0.289. The van der Waals surface area contributed by atoms with Crippen LogP contribution < -0.4 is 4.90 Å². The van der Waals surface area contributed by atoms with Crippen LogP contribution in [0.5, 0.6) is 0 Å². The molecule has 3 aliphatic rings. The number of aliphatic hydroxyl groups is 1. The van der Waals surface area contributed by atoms with Gasteiger partial charge >= 0.3 is 0 Å². The highest BCUT2D eigenvalue weighted by Crippen LogP contribution is 2.33. The SMILES string of the molecule is CC(C)N1CCC[C@@H](c2ccc(-c3cc4c(N5CCN(C(=O)[C@H]6C[C@H](O)C6)CC5)ccnn4c3)cc2)C1. The van der Waals surface area contributed by atoms with Gasteiger partial charge in [-0.3, -0.25) is 4.79 Å². The number of aliphatic hydroxyl groups excluding tert-OH is 1. The number of likely N-dealkylation sites (tertiary alicyclic amines) is 1. The van der Waals surface area contributed by atoms with Crippen LogP contribution in [0.4, 0.5) is 5.69 Å². The number of rotatable bonds is 5. The highest BCUT2D eigenvalue weighted by atomic mass is 16.3. The number of fused-ring (bicyclic) bond motifs is 1. The van der Waals surface area contributed by atoms with Gasteiger partial charge in [0.15, 0.2) is 0 Å². The normalized spacial score (nSPS) is 25.0. The fraction of sp³-hybridized carbons (Fsp3) is 0.533. The zero-order valence-corrected chi connectivity index (χ0v) is 22.1. The molecule has 1 atom stereocenters. The monoisotopic (exact) mass is 501 g/mol. The number of benzene rings is 1. The zero-order valence-electron chi connectivity index (χ0n) is 22.1. The number of carbonyl (C=O) groups is 1. The van der Waals surface area contributed by atoms with Crippen molar-refractivity contribution < 1.29 is 9.90 Å². The largest absolute Gasteiger partial charge is 0.393 e. The fourth-order valence-corrected chi connectivity index (χ4v) is 6.34. The van der Waals surface area contributed by atoms with E-state index in [1.54, 1.807) is 0 Å². The highest BCUT2D eigenvalue weighted by molar-refractivity contribution is 5.82. The van der Waals surface area contributed by atoms with E-state index in [0.717, 1.165) is 38.2 Å². The zero-order chi connectivity index (χ0) is 25.5. The molecule has 2 saturated heterocycles. The topological polar surface area (TPSA) is 64.3 Å². The summed E-state index contributed by atoms with van der Waals surface area (Å²) in [5, 5.41) is 14.1. The van der Waals surface area contributed by atoms with Crippen LogP contribution in [0, 0.1) is 5.92 Å². The van der Waals surface area contributed by atoms with E-state index in [0.29, 0.717) is 24.8 Å². The van der Waals surface area contributed by atoms with E-state index in [2.05, 4.69) is 71.3 Å². The van der Waals surface area contributed by atoms with Crippen LogP contribution in [0.1, 0.15) is 51.0 Å². The summed E-state index contributed by atoms with van der Waals surface area (Å²) in [6, 6.07) is 14.1. The first-order chi connectivity index (χ1) is 18.0. The molecule has 1 N–H and O–H groups in total. The Morgan fingerprint density at radius 3 is 2.46 bits per heavy atom. The molecular formula is C30H39N5O2. The van der Waals surface area contributed by atoms with E-state index in [4.69, 9.17) is 0 Å². The fourth-order valence-electron chi connectivity index (χ4n) is 6.34. The molecule has 1 aromatic carbocycles. The molecule has 1 aliphatic carbocycles. The number of anilines is 1. The molecular weight excluding hydrogens is 462 g/mol. The van der Waals surface area contributed by atoms with Gasteiger partial charge in [0.1, 0.15) is 0 Å². The van der Waals surface area contributed by atoms with E-state index in [1.807, 2.05) is 15.6 Å². The van der Waals surface area contributed by atoms with Crippen LogP contribution >= 0.6 is 0 Å². The summed E-state index contributed by atoms with van der Waals surface area (Å²) < 4.78 is 1.98. The average molecular weight is 502 g/mol.